The van der Waals surface area contributed by atoms with Crippen LogP contribution in [0.25, 0.3) is 10.8 Å². The van der Waals surface area contributed by atoms with Crippen molar-refractivity contribution in [2.75, 3.05) is 11.8 Å². The zero-order valence-corrected chi connectivity index (χ0v) is 14.4. The molecule has 0 aliphatic rings. The van der Waals surface area contributed by atoms with Gasteiger partial charge in [0.15, 0.2) is 0 Å². The number of benzene rings is 3. The summed E-state index contributed by atoms with van der Waals surface area (Å²) in [7, 11) is -2.96. The molecule has 0 saturated carbocycles. The first-order valence-electron chi connectivity index (χ1n) is 7.48. The van der Waals surface area contributed by atoms with Gasteiger partial charge in [-0.3, -0.25) is 4.72 Å². The third-order valence-corrected chi connectivity index (χ3v) is 5.24. The van der Waals surface area contributed by atoms with Crippen molar-refractivity contribution in [2.45, 2.75) is 11.1 Å². The number of halogens is 3. The summed E-state index contributed by atoms with van der Waals surface area (Å²) in [5.41, 5.74) is -1.26. The predicted octanol–water partition coefficient (Wildman–Crippen LogP) is 4.67. The maximum Gasteiger partial charge on any atom is 0.420 e. The van der Waals surface area contributed by atoms with E-state index in [0.717, 1.165) is 13.2 Å². The summed E-state index contributed by atoms with van der Waals surface area (Å²) < 4.78 is 71.7. The zero-order chi connectivity index (χ0) is 18.9. The van der Waals surface area contributed by atoms with Gasteiger partial charge in [0.1, 0.15) is 5.75 Å². The van der Waals surface area contributed by atoms with Crippen LogP contribution in [-0.4, -0.2) is 15.5 Å². The van der Waals surface area contributed by atoms with Crippen LogP contribution in [0.5, 0.6) is 5.75 Å². The Morgan fingerprint density at radius 1 is 0.962 bits per heavy atom. The lowest BCUT2D eigenvalue weighted by Gasteiger charge is -2.15. The Balaban J connectivity index is 2.05. The quantitative estimate of drug-likeness (QED) is 0.715. The molecule has 0 heterocycles. The lowest BCUT2D eigenvalue weighted by atomic mass is 10.1. The average Bonchev–Trinajstić information content (AvgIpc) is 2.60. The van der Waals surface area contributed by atoms with Crippen LogP contribution < -0.4 is 9.46 Å². The Labute approximate surface area is 148 Å². The number of ether oxygens (including phenoxy) is 1. The van der Waals surface area contributed by atoms with Gasteiger partial charge in [0.05, 0.1) is 17.6 Å². The minimum Gasteiger partial charge on any atom is -0.496 e. The van der Waals surface area contributed by atoms with Crippen LogP contribution in [0.15, 0.2) is 65.6 Å². The highest BCUT2D eigenvalue weighted by Crippen LogP contribution is 2.38. The topological polar surface area (TPSA) is 55.4 Å². The van der Waals surface area contributed by atoms with E-state index in [-0.39, 0.29) is 16.3 Å². The van der Waals surface area contributed by atoms with E-state index in [4.69, 9.17) is 4.74 Å². The highest BCUT2D eigenvalue weighted by molar-refractivity contribution is 7.93. The SMILES string of the molecule is COc1ccc(NS(=O)(=O)c2cccc3ccccc23)cc1C(F)(F)F. The first kappa shape index (κ1) is 18.1. The van der Waals surface area contributed by atoms with E-state index in [1.54, 1.807) is 36.4 Å². The number of fused-ring (bicyclic) bond motifs is 1. The molecular formula is C18H14F3NO3S. The molecule has 26 heavy (non-hydrogen) atoms. The molecule has 0 unspecified atom stereocenters. The molecule has 3 aromatic carbocycles. The van der Waals surface area contributed by atoms with Crippen LogP contribution in [0, 0.1) is 0 Å². The van der Waals surface area contributed by atoms with Crippen molar-refractivity contribution in [1.29, 1.82) is 0 Å². The summed E-state index contributed by atoms with van der Waals surface area (Å²) in [6.07, 6.45) is -4.67. The van der Waals surface area contributed by atoms with Crippen LogP contribution in [0.3, 0.4) is 0 Å². The average molecular weight is 381 g/mol. The van der Waals surface area contributed by atoms with Gasteiger partial charge < -0.3 is 4.74 Å². The Kier molecular flexibility index (Phi) is 4.53. The van der Waals surface area contributed by atoms with Crippen molar-refractivity contribution in [3.8, 4) is 5.75 Å². The smallest absolute Gasteiger partial charge is 0.420 e. The molecule has 0 atom stereocenters. The summed E-state index contributed by atoms with van der Waals surface area (Å²) in [5, 5.41) is 1.19. The highest BCUT2D eigenvalue weighted by Gasteiger charge is 2.35. The molecule has 0 amide bonds. The Morgan fingerprint density at radius 3 is 2.35 bits per heavy atom. The standard InChI is InChI=1S/C18H14F3NO3S/c1-25-16-10-9-13(11-15(16)18(19,20)21)22-26(23,24)17-8-4-6-12-5-2-3-7-14(12)17/h2-11,22H,1H3. The van der Waals surface area contributed by atoms with E-state index in [1.807, 2.05) is 0 Å². The fourth-order valence-corrected chi connectivity index (χ4v) is 3.91. The van der Waals surface area contributed by atoms with E-state index in [1.165, 1.54) is 12.1 Å². The number of sulfonamides is 1. The first-order valence-corrected chi connectivity index (χ1v) is 8.96. The number of anilines is 1. The van der Waals surface area contributed by atoms with E-state index in [0.29, 0.717) is 16.8 Å². The summed E-state index contributed by atoms with van der Waals surface area (Å²) in [4.78, 5) is -0.0139. The van der Waals surface area contributed by atoms with E-state index < -0.39 is 21.8 Å². The lowest BCUT2D eigenvalue weighted by Crippen LogP contribution is -2.15. The molecule has 0 aromatic heterocycles. The zero-order valence-electron chi connectivity index (χ0n) is 13.5. The van der Waals surface area contributed by atoms with E-state index >= 15 is 0 Å². The largest absolute Gasteiger partial charge is 0.496 e. The number of hydrogen-bond donors (Lipinski definition) is 1. The highest BCUT2D eigenvalue weighted by atomic mass is 32.2. The van der Waals surface area contributed by atoms with Gasteiger partial charge in [0, 0.05) is 11.1 Å². The molecule has 0 bridgehead atoms. The molecule has 0 aliphatic carbocycles. The van der Waals surface area contributed by atoms with Crippen LogP contribution in [0.1, 0.15) is 5.56 Å². The number of methoxy groups -OCH3 is 1. The normalized spacial score (nSPS) is 12.2. The van der Waals surface area contributed by atoms with Gasteiger partial charge in [-0.1, -0.05) is 36.4 Å². The molecule has 1 N–H and O–H groups in total. The molecular weight excluding hydrogens is 367 g/mol. The van der Waals surface area contributed by atoms with Crippen molar-refractivity contribution in [3.05, 3.63) is 66.2 Å². The predicted molar refractivity (Wildman–Crippen MR) is 92.8 cm³/mol. The molecule has 0 fully saturated rings. The second-order valence-corrected chi connectivity index (χ2v) is 7.15. The van der Waals surface area contributed by atoms with Gasteiger partial charge in [-0.25, -0.2) is 8.42 Å². The maximum absolute atomic E-state index is 13.1. The van der Waals surface area contributed by atoms with Crippen molar-refractivity contribution in [3.63, 3.8) is 0 Å². The summed E-state index contributed by atoms with van der Waals surface area (Å²) in [6.45, 7) is 0. The minimum absolute atomic E-state index is 0.0139. The second kappa shape index (κ2) is 6.53. The van der Waals surface area contributed by atoms with Gasteiger partial charge in [0.25, 0.3) is 10.0 Å². The van der Waals surface area contributed by atoms with Crippen molar-refractivity contribution in [2.24, 2.45) is 0 Å². The van der Waals surface area contributed by atoms with Crippen LogP contribution in [0.2, 0.25) is 0 Å². The monoisotopic (exact) mass is 381 g/mol. The van der Waals surface area contributed by atoms with Crippen LogP contribution in [-0.2, 0) is 16.2 Å². The summed E-state index contributed by atoms with van der Waals surface area (Å²) >= 11 is 0. The number of hydrogen-bond acceptors (Lipinski definition) is 3. The van der Waals surface area contributed by atoms with E-state index in [2.05, 4.69) is 4.72 Å². The molecule has 8 heteroatoms. The van der Waals surface area contributed by atoms with Crippen LogP contribution in [0.4, 0.5) is 18.9 Å². The van der Waals surface area contributed by atoms with Crippen molar-refractivity contribution < 1.29 is 26.3 Å². The Bertz CT molecular complexity index is 1060. The molecule has 0 aliphatic heterocycles. The minimum atomic E-state index is -4.67. The van der Waals surface area contributed by atoms with Gasteiger partial charge in [-0.2, -0.15) is 13.2 Å². The molecule has 0 radical (unpaired) electrons. The number of nitrogens with one attached hydrogen (secondary N) is 1. The summed E-state index contributed by atoms with van der Waals surface area (Å²) in [6, 6.07) is 14.6. The molecule has 0 saturated heterocycles. The first-order chi connectivity index (χ1) is 12.2. The fourth-order valence-electron chi connectivity index (χ4n) is 2.63. The molecule has 4 nitrogen and oxygen atoms in total. The second-order valence-electron chi connectivity index (χ2n) is 5.50. The third kappa shape index (κ3) is 3.45. The van der Waals surface area contributed by atoms with Crippen molar-refractivity contribution in [1.82, 2.24) is 0 Å². The van der Waals surface area contributed by atoms with E-state index in [9.17, 15) is 21.6 Å². The van der Waals surface area contributed by atoms with Crippen molar-refractivity contribution >= 4 is 26.5 Å². The number of alkyl halides is 3. The van der Waals surface area contributed by atoms with Gasteiger partial charge >= 0.3 is 6.18 Å². The lowest BCUT2D eigenvalue weighted by molar-refractivity contribution is -0.138. The number of rotatable bonds is 4. The van der Waals surface area contributed by atoms with Gasteiger partial charge in [0.2, 0.25) is 0 Å². The third-order valence-electron chi connectivity index (χ3n) is 3.80. The molecule has 0 spiro atoms. The van der Waals surface area contributed by atoms with Gasteiger partial charge in [-0.15, -0.1) is 0 Å². The summed E-state index contributed by atoms with van der Waals surface area (Å²) in [5.74, 6) is -0.384. The maximum atomic E-state index is 13.1. The molecule has 3 aromatic rings. The molecule has 3 rings (SSSR count). The fraction of sp³-hybridized carbons (Fsp3) is 0.111. The molecule has 136 valence electrons. The Morgan fingerprint density at radius 2 is 1.65 bits per heavy atom. The Hall–Kier alpha value is -2.74. The van der Waals surface area contributed by atoms with Crippen LogP contribution >= 0.6 is 0 Å². The van der Waals surface area contributed by atoms with Gasteiger partial charge in [-0.05, 0) is 29.7 Å².